The number of nitrogens with one attached hydrogen (secondary N) is 1. The molecule has 1 aromatic heterocycles. The lowest BCUT2D eigenvalue weighted by Gasteiger charge is -2.05. The normalized spacial score (nSPS) is 11.2. The third kappa shape index (κ3) is 4.27. The molecule has 0 unspecified atom stereocenters. The molecule has 1 heterocycles. The van der Waals surface area contributed by atoms with E-state index in [4.69, 9.17) is 11.6 Å². The van der Waals surface area contributed by atoms with Crippen molar-refractivity contribution in [3.05, 3.63) is 33.8 Å². The fourth-order valence-corrected chi connectivity index (χ4v) is 3.16. The second-order valence-corrected chi connectivity index (χ2v) is 6.67. The Labute approximate surface area is 129 Å². The molecule has 0 fully saturated rings. The Morgan fingerprint density at radius 2 is 2.10 bits per heavy atom. The lowest BCUT2D eigenvalue weighted by atomic mass is 10.1. The third-order valence-electron chi connectivity index (χ3n) is 3.01. The van der Waals surface area contributed by atoms with E-state index in [2.05, 4.69) is 36.3 Å². The maximum Gasteiger partial charge on any atom is 0.148 e. The minimum absolute atomic E-state index is 0.539. The highest BCUT2D eigenvalue weighted by atomic mass is 35.5. The zero-order valence-electron chi connectivity index (χ0n) is 12.1. The van der Waals surface area contributed by atoms with E-state index in [1.54, 1.807) is 11.3 Å². The molecule has 3 nitrogen and oxygen atoms in total. The fourth-order valence-electron chi connectivity index (χ4n) is 1.96. The van der Waals surface area contributed by atoms with Crippen LogP contribution in [0.25, 0.3) is 10.6 Å². The molecule has 0 bridgehead atoms. The molecular formula is C15H20ClN3S. The first-order chi connectivity index (χ1) is 9.56. The maximum absolute atomic E-state index is 5.98. The molecule has 0 saturated carbocycles. The van der Waals surface area contributed by atoms with Crippen molar-refractivity contribution in [3.63, 3.8) is 0 Å². The highest BCUT2D eigenvalue weighted by molar-refractivity contribution is 7.14. The van der Waals surface area contributed by atoms with Crippen LogP contribution in [0.4, 0.5) is 0 Å². The number of aryl methyl sites for hydroxylation is 2. The summed E-state index contributed by atoms with van der Waals surface area (Å²) < 4.78 is 0. The zero-order chi connectivity index (χ0) is 14.5. The summed E-state index contributed by atoms with van der Waals surface area (Å²) in [5, 5.41) is 14.8. The van der Waals surface area contributed by atoms with Gasteiger partial charge in [0.05, 0.1) is 0 Å². The molecule has 1 N–H and O–H groups in total. The standard InChI is InChI=1S/C15H20ClN3S/c1-10(2)17-8-4-5-14-18-19-15(20-14)13-7-6-12(16)9-11(13)3/h6-7,9-10,17H,4-5,8H2,1-3H3. The van der Waals surface area contributed by atoms with Crippen molar-refractivity contribution >= 4 is 22.9 Å². The Balaban J connectivity index is 1.98. The van der Waals surface area contributed by atoms with Crippen LogP contribution < -0.4 is 5.32 Å². The first-order valence-electron chi connectivity index (χ1n) is 6.88. The summed E-state index contributed by atoms with van der Waals surface area (Å²) >= 11 is 7.65. The van der Waals surface area contributed by atoms with Crippen LogP contribution in [0.5, 0.6) is 0 Å². The van der Waals surface area contributed by atoms with E-state index >= 15 is 0 Å². The van der Waals surface area contributed by atoms with Crippen LogP contribution in [0.2, 0.25) is 5.02 Å². The summed E-state index contributed by atoms with van der Waals surface area (Å²) in [6.45, 7) is 7.39. The van der Waals surface area contributed by atoms with E-state index in [1.165, 1.54) is 0 Å². The lowest BCUT2D eigenvalue weighted by molar-refractivity contribution is 0.569. The molecule has 0 spiro atoms. The highest BCUT2D eigenvalue weighted by Crippen LogP contribution is 2.28. The van der Waals surface area contributed by atoms with Crippen LogP contribution in [-0.4, -0.2) is 22.8 Å². The quantitative estimate of drug-likeness (QED) is 0.816. The van der Waals surface area contributed by atoms with E-state index in [1.807, 2.05) is 18.2 Å². The Bertz CT molecular complexity index is 566. The summed E-state index contributed by atoms with van der Waals surface area (Å²) in [5.41, 5.74) is 2.26. The fraction of sp³-hybridized carbons (Fsp3) is 0.467. The zero-order valence-corrected chi connectivity index (χ0v) is 13.7. The topological polar surface area (TPSA) is 37.8 Å². The summed E-state index contributed by atoms with van der Waals surface area (Å²) in [7, 11) is 0. The average molecular weight is 310 g/mol. The largest absolute Gasteiger partial charge is 0.315 e. The van der Waals surface area contributed by atoms with Gasteiger partial charge in [-0.1, -0.05) is 42.9 Å². The Kier molecular flexibility index (Phi) is 5.52. The molecule has 0 aliphatic carbocycles. The van der Waals surface area contributed by atoms with Crippen molar-refractivity contribution in [1.29, 1.82) is 0 Å². The lowest BCUT2D eigenvalue weighted by Crippen LogP contribution is -2.23. The van der Waals surface area contributed by atoms with Crippen LogP contribution in [0.15, 0.2) is 18.2 Å². The number of hydrogen-bond acceptors (Lipinski definition) is 4. The Morgan fingerprint density at radius 3 is 2.80 bits per heavy atom. The number of rotatable bonds is 6. The minimum atomic E-state index is 0.539. The smallest absolute Gasteiger partial charge is 0.148 e. The molecular weight excluding hydrogens is 290 g/mol. The monoisotopic (exact) mass is 309 g/mol. The molecule has 5 heteroatoms. The van der Waals surface area contributed by atoms with Crippen molar-refractivity contribution in [1.82, 2.24) is 15.5 Å². The number of nitrogens with zero attached hydrogens (tertiary/aromatic N) is 2. The molecule has 0 amide bonds. The molecule has 2 aromatic rings. The SMILES string of the molecule is Cc1cc(Cl)ccc1-c1nnc(CCCNC(C)C)s1. The average Bonchev–Trinajstić information content (AvgIpc) is 2.83. The second-order valence-electron chi connectivity index (χ2n) is 5.17. The molecule has 0 atom stereocenters. The first-order valence-corrected chi connectivity index (χ1v) is 8.08. The predicted molar refractivity (Wildman–Crippen MR) is 86.6 cm³/mol. The van der Waals surface area contributed by atoms with Gasteiger partial charge in [0.1, 0.15) is 10.0 Å². The third-order valence-corrected chi connectivity index (χ3v) is 4.26. The Hall–Kier alpha value is -0.970. The Morgan fingerprint density at radius 1 is 1.30 bits per heavy atom. The van der Waals surface area contributed by atoms with E-state index in [-0.39, 0.29) is 0 Å². The van der Waals surface area contributed by atoms with Crippen molar-refractivity contribution in [2.24, 2.45) is 0 Å². The number of benzene rings is 1. The minimum Gasteiger partial charge on any atom is -0.315 e. The second kappa shape index (κ2) is 7.16. The van der Waals surface area contributed by atoms with Crippen LogP contribution in [0.1, 0.15) is 30.8 Å². The van der Waals surface area contributed by atoms with E-state index in [0.717, 1.165) is 45.6 Å². The van der Waals surface area contributed by atoms with Gasteiger partial charge >= 0.3 is 0 Å². The summed E-state index contributed by atoms with van der Waals surface area (Å²) in [5.74, 6) is 0. The van der Waals surface area contributed by atoms with Gasteiger partial charge in [-0.05, 0) is 37.6 Å². The summed E-state index contributed by atoms with van der Waals surface area (Å²) in [6, 6.07) is 6.42. The van der Waals surface area contributed by atoms with E-state index in [0.29, 0.717) is 6.04 Å². The van der Waals surface area contributed by atoms with Crippen LogP contribution in [0, 0.1) is 6.92 Å². The van der Waals surface area contributed by atoms with Crippen LogP contribution in [-0.2, 0) is 6.42 Å². The molecule has 108 valence electrons. The van der Waals surface area contributed by atoms with Crippen molar-refractivity contribution < 1.29 is 0 Å². The van der Waals surface area contributed by atoms with Crippen molar-refractivity contribution in [3.8, 4) is 10.6 Å². The van der Waals surface area contributed by atoms with E-state index < -0.39 is 0 Å². The van der Waals surface area contributed by atoms with Crippen molar-refractivity contribution in [2.75, 3.05) is 6.54 Å². The van der Waals surface area contributed by atoms with Gasteiger partial charge < -0.3 is 5.32 Å². The van der Waals surface area contributed by atoms with Gasteiger partial charge in [0.15, 0.2) is 0 Å². The molecule has 0 aliphatic heterocycles. The van der Waals surface area contributed by atoms with Gasteiger partial charge in [0.25, 0.3) is 0 Å². The van der Waals surface area contributed by atoms with Gasteiger partial charge in [0, 0.05) is 23.0 Å². The first kappa shape index (κ1) is 15.4. The molecule has 1 aromatic carbocycles. The summed E-state index contributed by atoms with van der Waals surface area (Å²) in [4.78, 5) is 0. The van der Waals surface area contributed by atoms with Gasteiger partial charge in [-0.25, -0.2) is 0 Å². The summed E-state index contributed by atoms with van der Waals surface area (Å²) in [6.07, 6.45) is 2.07. The van der Waals surface area contributed by atoms with Gasteiger partial charge in [0.2, 0.25) is 0 Å². The molecule has 20 heavy (non-hydrogen) atoms. The van der Waals surface area contributed by atoms with Crippen LogP contribution in [0.3, 0.4) is 0 Å². The van der Waals surface area contributed by atoms with Crippen LogP contribution >= 0.6 is 22.9 Å². The predicted octanol–water partition coefficient (Wildman–Crippen LogP) is 4.10. The maximum atomic E-state index is 5.98. The molecule has 0 saturated heterocycles. The van der Waals surface area contributed by atoms with Gasteiger partial charge in [-0.15, -0.1) is 10.2 Å². The van der Waals surface area contributed by atoms with E-state index in [9.17, 15) is 0 Å². The van der Waals surface area contributed by atoms with Crippen molar-refractivity contribution in [2.45, 2.75) is 39.7 Å². The number of halogens is 1. The molecule has 2 rings (SSSR count). The molecule has 0 radical (unpaired) electrons. The number of hydrogen-bond donors (Lipinski definition) is 1. The van der Waals surface area contributed by atoms with Gasteiger partial charge in [-0.2, -0.15) is 0 Å². The number of aromatic nitrogens is 2. The molecule has 0 aliphatic rings. The van der Waals surface area contributed by atoms with Gasteiger partial charge in [-0.3, -0.25) is 0 Å². The highest BCUT2D eigenvalue weighted by Gasteiger charge is 2.09.